The predicted molar refractivity (Wildman–Crippen MR) is 62.7 cm³/mol. The lowest BCUT2D eigenvalue weighted by Gasteiger charge is -2.34. The first-order chi connectivity index (χ1) is 8.02. The van der Waals surface area contributed by atoms with Gasteiger partial charge in [-0.2, -0.15) is 0 Å². The van der Waals surface area contributed by atoms with Crippen LogP contribution in [0.15, 0.2) is 0 Å². The zero-order valence-electron chi connectivity index (χ0n) is 10.2. The number of carbonyl (C=O) groups is 2. The van der Waals surface area contributed by atoms with Crippen molar-refractivity contribution in [3.8, 4) is 0 Å². The Hall–Kier alpha value is -1.26. The molecular formula is C12H20N2O3. The zero-order chi connectivity index (χ0) is 12.5. The van der Waals surface area contributed by atoms with Crippen LogP contribution >= 0.6 is 0 Å². The first kappa shape index (κ1) is 12.2. The van der Waals surface area contributed by atoms with E-state index in [-0.39, 0.29) is 12.1 Å². The van der Waals surface area contributed by atoms with Gasteiger partial charge in [-0.3, -0.25) is 0 Å². The Balaban J connectivity index is 1.86. The van der Waals surface area contributed by atoms with Crippen molar-refractivity contribution in [1.82, 2.24) is 10.6 Å². The van der Waals surface area contributed by atoms with E-state index in [2.05, 4.69) is 17.6 Å². The van der Waals surface area contributed by atoms with Crippen LogP contribution in [0.4, 0.5) is 4.79 Å². The van der Waals surface area contributed by atoms with E-state index in [1.165, 1.54) is 0 Å². The highest BCUT2D eigenvalue weighted by atomic mass is 16.4. The average Bonchev–Trinajstić information content (AvgIpc) is 2.65. The van der Waals surface area contributed by atoms with Crippen LogP contribution < -0.4 is 10.6 Å². The molecule has 96 valence electrons. The maximum Gasteiger partial charge on any atom is 0.329 e. The topological polar surface area (TPSA) is 78.4 Å². The molecule has 0 aromatic carbocycles. The van der Waals surface area contributed by atoms with Crippen molar-refractivity contribution in [3.63, 3.8) is 0 Å². The lowest BCUT2D eigenvalue weighted by molar-refractivity contribution is -0.144. The van der Waals surface area contributed by atoms with Crippen molar-refractivity contribution in [3.05, 3.63) is 0 Å². The SMILES string of the molecule is CC1CC(NC(=O)NC2(C(=O)O)CCCC2)C1. The number of rotatable bonds is 3. The van der Waals surface area contributed by atoms with E-state index in [9.17, 15) is 14.7 Å². The highest BCUT2D eigenvalue weighted by molar-refractivity contribution is 5.86. The minimum atomic E-state index is -1.03. The zero-order valence-corrected chi connectivity index (χ0v) is 10.2. The molecule has 0 aromatic heterocycles. The van der Waals surface area contributed by atoms with Gasteiger partial charge in [-0.1, -0.05) is 19.8 Å². The first-order valence-electron chi connectivity index (χ1n) is 6.34. The summed E-state index contributed by atoms with van der Waals surface area (Å²) in [6.45, 7) is 2.14. The molecule has 2 rings (SSSR count). The summed E-state index contributed by atoms with van der Waals surface area (Å²) in [5, 5.41) is 14.7. The molecule has 17 heavy (non-hydrogen) atoms. The molecule has 0 saturated heterocycles. The molecular weight excluding hydrogens is 220 g/mol. The number of hydrogen-bond donors (Lipinski definition) is 3. The highest BCUT2D eigenvalue weighted by Gasteiger charge is 2.43. The maximum atomic E-state index is 11.7. The number of aliphatic carboxylic acids is 1. The smallest absolute Gasteiger partial charge is 0.329 e. The van der Waals surface area contributed by atoms with Crippen LogP contribution in [-0.2, 0) is 4.79 Å². The molecule has 0 aliphatic heterocycles. The third-order valence-electron chi connectivity index (χ3n) is 3.93. The minimum Gasteiger partial charge on any atom is -0.480 e. The second-order valence-corrected chi connectivity index (χ2v) is 5.47. The van der Waals surface area contributed by atoms with E-state index in [1.807, 2.05) is 0 Å². The van der Waals surface area contributed by atoms with E-state index in [0.717, 1.165) is 25.7 Å². The van der Waals surface area contributed by atoms with Crippen LogP contribution in [0.2, 0.25) is 0 Å². The molecule has 2 saturated carbocycles. The third-order valence-corrected chi connectivity index (χ3v) is 3.93. The average molecular weight is 240 g/mol. The van der Waals surface area contributed by atoms with Crippen LogP contribution in [0.5, 0.6) is 0 Å². The summed E-state index contributed by atoms with van der Waals surface area (Å²) in [4.78, 5) is 23.0. The van der Waals surface area contributed by atoms with E-state index < -0.39 is 11.5 Å². The molecule has 0 radical (unpaired) electrons. The Labute approximate surface area is 101 Å². The van der Waals surface area contributed by atoms with Gasteiger partial charge in [-0.15, -0.1) is 0 Å². The molecule has 0 bridgehead atoms. The first-order valence-corrected chi connectivity index (χ1v) is 6.34. The van der Waals surface area contributed by atoms with Crippen molar-refractivity contribution in [1.29, 1.82) is 0 Å². The molecule has 0 aromatic rings. The van der Waals surface area contributed by atoms with Crippen LogP contribution in [-0.4, -0.2) is 28.7 Å². The minimum absolute atomic E-state index is 0.220. The molecule has 5 heteroatoms. The second kappa shape index (κ2) is 4.55. The van der Waals surface area contributed by atoms with Gasteiger partial charge >= 0.3 is 12.0 Å². The molecule has 0 unspecified atom stereocenters. The van der Waals surface area contributed by atoms with Crippen molar-refractivity contribution in [2.75, 3.05) is 0 Å². The van der Waals surface area contributed by atoms with Gasteiger partial charge < -0.3 is 15.7 Å². The molecule has 0 atom stereocenters. The Morgan fingerprint density at radius 3 is 2.29 bits per heavy atom. The molecule has 0 heterocycles. The molecule has 2 amide bonds. The lowest BCUT2D eigenvalue weighted by atomic mass is 9.82. The van der Waals surface area contributed by atoms with E-state index in [1.54, 1.807) is 0 Å². The lowest BCUT2D eigenvalue weighted by Crippen LogP contribution is -2.58. The fourth-order valence-electron chi connectivity index (χ4n) is 2.83. The van der Waals surface area contributed by atoms with Crippen LogP contribution in [0.1, 0.15) is 45.4 Å². The van der Waals surface area contributed by atoms with E-state index in [0.29, 0.717) is 18.8 Å². The summed E-state index contributed by atoms with van der Waals surface area (Å²) >= 11 is 0. The Morgan fingerprint density at radius 2 is 1.82 bits per heavy atom. The summed E-state index contributed by atoms with van der Waals surface area (Å²) in [6, 6.07) is -0.108. The molecule has 2 fully saturated rings. The number of hydrogen-bond acceptors (Lipinski definition) is 2. The molecule has 5 nitrogen and oxygen atoms in total. The number of carbonyl (C=O) groups excluding carboxylic acids is 1. The predicted octanol–water partition coefficient (Wildman–Crippen LogP) is 1.48. The summed E-state index contributed by atoms with van der Waals surface area (Å²) in [6.07, 6.45) is 4.80. The summed E-state index contributed by atoms with van der Waals surface area (Å²) in [7, 11) is 0. The summed E-state index contributed by atoms with van der Waals surface area (Å²) in [5.41, 5.74) is -1.03. The standard InChI is InChI=1S/C12H20N2O3/c1-8-6-9(7-8)13-11(17)14-12(10(15)16)4-2-3-5-12/h8-9H,2-7H2,1H3,(H,15,16)(H2,13,14,17). The fourth-order valence-corrected chi connectivity index (χ4v) is 2.83. The van der Waals surface area contributed by atoms with E-state index >= 15 is 0 Å². The summed E-state index contributed by atoms with van der Waals surface area (Å²) in [5.74, 6) is -0.243. The van der Waals surface area contributed by atoms with Gasteiger partial charge in [0, 0.05) is 6.04 Å². The molecule has 2 aliphatic carbocycles. The van der Waals surface area contributed by atoms with Crippen LogP contribution in [0.3, 0.4) is 0 Å². The van der Waals surface area contributed by atoms with E-state index in [4.69, 9.17) is 0 Å². The van der Waals surface area contributed by atoms with Crippen molar-refractivity contribution in [2.45, 2.75) is 57.0 Å². The summed E-state index contributed by atoms with van der Waals surface area (Å²) < 4.78 is 0. The van der Waals surface area contributed by atoms with Gasteiger partial charge in [0.05, 0.1) is 0 Å². The molecule has 3 N–H and O–H groups in total. The fraction of sp³-hybridized carbons (Fsp3) is 0.833. The number of nitrogens with one attached hydrogen (secondary N) is 2. The number of urea groups is 1. The largest absolute Gasteiger partial charge is 0.480 e. The van der Waals surface area contributed by atoms with Crippen molar-refractivity contribution < 1.29 is 14.7 Å². The number of amides is 2. The quantitative estimate of drug-likeness (QED) is 0.699. The Morgan fingerprint density at radius 1 is 1.24 bits per heavy atom. The van der Waals surface area contributed by atoms with Gasteiger partial charge in [0.25, 0.3) is 0 Å². The Bertz CT molecular complexity index is 318. The van der Waals surface area contributed by atoms with Crippen LogP contribution in [0, 0.1) is 5.92 Å². The number of carboxylic acids is 1. The molecule has 0 spiro atoms. The van der Waals surface area contributed by atoms with Crippen LogP contribution in [0.25, 0.3) is 0 Å². The number of carboxylic acid groups (broad SMARTS) is 1. The van der Waals surface area contributed by atoms with Gasteiger partial charge in [0.15, 0.2) is 0 Å². The third kappa shape index (κ3) is 2.53. The normalized spacial score (nSPS) is 30.4. The van der Waals surface area contributed by atoms with Crippen molar-refractivity contribution >= 4 is 12.0 Å². The van der Waals surface area contributed by atoms with Gasteiger partial charge in [-0.05, 0) is 31.6 Å². The maximum absolute atomic E-state index is 11.7. The second-order valence-electron chi connectivity index (χ2n) is 5.47. The van der Waals surface area contributed by atoms with Gasteiger partial charge in [0.1, 0.15) is 5.54 Å². The highest BCUT2D eigenvalue weighted by Crippen LogP contribution is 2.30. The van der Waals surface area contributed by atoms with Gasteiger partial charge in [-0.25, -0.2) is 9.59 Å². The Kier molecular flexibility index (Phi) is 3.26. The molecule has 2 aliphatic rings. The van der Waals surface area contributed by atoms with Crippen molar-refractivity contribution in [2.24, 2.45) is 5.92 Å². The van der Waals surface area contributed by atoms with Gasteiger partial charge in [0.2, 0.25) is 0 Å². The monoisotopic (exact) mass is 240 g/mol.